The van der Waals surface area contributed by atoms with E-state index in [1.165, 1.54) is 23.8 Å². The molecule has 2 aliphatic heterocycles. The van der Waals surface area contributed by atoms with Gasteiger partial charge in [0.1, 0.15) is 17.7 Å². The molecule has 0 atom stereocenters. The minimum absolute atomic E-state index is 0.00838. The van der Waals surface area contributed by atoms with Gasteiger partial charge in [0.15, 0.2) is 0 Å². The van der Waals surface area contributed by atoms with Crippen LogP contribution in [0.25, 0.3) is 0 Å². The highest BCUT2D eigenvalue weighted by Crippen LogP contribution is 2.29. The van der Waals surface area contributed by atoms with Gasteiger partial charge in [-0.1, -0.05) is 17.7 Å². The molecule has 2 aromatic rings. The Morgan fingerprint density at radius 1 is 1.16 bits per heavy atom. The Kier molecular flexibility index (Phi) is 7.88. The molecule has 0 unspecified atom stereocenters. The van der Waals surface area contributed by atoms with E-state index >= 15 is 0 Å². The molecule has 0 spiro atoms. The Hall–Kier alpha value is -1.87. The van der Waals surface area contributed by atoms with Gasteiger partial charge in [-0.05, 0) is 77.8 Å². The largest absolute Gasteiger partial charge is 0.489 e. The summed E-state index contributed by atoms with van der Waals surface area (Å²) in [4.78, 5) is 16.6. The lowest BCUT2D eigenvalue weighted by Gasteiger charge is -2.34. The van der Waals surface area contributed by atoms with Gasteiger partial charge in [-0.25, -0.2) is 9.18 Å². The van der Waals surface area contributed by atoms with E-state index in [2.05, 4.69) is 43.6 Å². The number of rotatable bonds is 5. The van der Waals surface area contributed by atoms with Gasteiger partial charge in [-0.2, -0.15) is 0 Å². The molecular formula is C23H27BrClFN4O2. The molecular weight excluding hydrogens is 499 g/mol. The Bertz CT molecular complexity index is 950. The van der Waals surface area contributed by atoms with Crippen LogP contribution in [0.4, 0.5) is 14.9 Å². The molecule has 32 heavy (non-hydrogen) atoms. The number of carbonyl (C=O) groups excluding carboxylic acids is 1. The number of ether oxygens (including phenoxy) is 1. The van der Waals surface area contributed by atoms with Crippen LogP contribution in [0.15, 0.2) is 40.9 Å². The van der Waals surface area contributed by atoms with Gasteiger partial charge in [0.2, 0.25) is 0 Å². The molecule has 6 nitrogen and oxygen atoms in total. The summed E-state index contributed by atoms with van der Waals surface area (Å²) in [5.74, 6) is 0.388. The molecule has 0 saturated carbocycles. The zero-order valence-electron chi connectivity index (χ0n) is 17.8. The highest BCUT2D eigenvalue weighted by Gasteiger charge is 2.22. The maximum Gasteiger partial charge on any atom is 0.321 e. The molecule has 2 heterocycles. The maximum atomic E-state index is 13.3. The summed E-state index contributed by atoms with van der Waals surface area (Å²) in [6.07, 6.45) is 2.32. The Labute approximate surface area is 201 Å². The van der Waals surface area contributed by atoms with E-state index in [4.69, 9.17) is 16.3 Å². The molecule has 2 fully saturated rings. The number of anilines is 1. The van der Waals surface area contributed by atoms with Crippen molar-refractivity contribution in [2.45, 2.75) is 25.5 Å². The number of amides is 2. The minimum atomic E-state index is -0.504. The summed E-state index contributed by atoms with van der Waals surface area (Å²) in [7, 11) is 0. The number of urea groups is 1. The Balaban J connectivity index is 1.25. The maximum absolute atomic E-state index is 13.3. The summed E-state index contributed by atoms with van der Waals surface area (Å²) < 4.78 is 20.4. The van der Waals surface area contributed by atoms with Gasteiger partial charge < -0.3 is 20.3 Å². The van der Waals surface area contributed by atoms with E-state index in [1.807, 2.05) is 6.07 Å². The van der Waals surface area contributed by atoms with Gasteiger partial charge in [0.25, 0.3) is 0 Å². The van der Waals surface area contributed by atoms with Crippen molar-refractivity contribution in [1.82, 2.24) is 15.1 Å². The zero-order chi connectivity index (χ0) is 22.5. The molecule has 0 aliphatic carbocycles. The van der Waals surface area contributed by atoms with Crippen molar-refractivity contribution in [3.63, 3.8) is 0 Å². The number of carbonyl (C=O) groups is 1. The fourth-order valence-electron chi connectivity index (χ4n) is 3.97. The predicted molar refractivity (Wildman–Crippen MR) is 128 cm³/mol. The molecule has 2 N–H and O–H groups in total. The molecule has 2 aromatic carbocycles. The second kappa shape index (κ2) is 10.8. The molecule has 9 heteroatoms. The van der Waals surface area contributed by atoms with E-state index in [-0.39, 0.29) is 17.2 Å². The number of halogens is 3. The third-order valence-electron chi connectivity index (χ3n) is 5.81. The summed E-state index contributed by atoms with van der Waals surface area (Å²) in [6.45, 7) is 5.63. The van der Waals surface area contributed by atoms with Gasteiger partial charge in [-0.15, -0.1) is 0 Å². The van der Waals surface area contributed by atoms with Crippen LogP contribution in [0, 0.1) is 5.82 Å². The summed E-state index contributed by atoms with van der Waals surface area (Å²) in [5.41, 5.74) is 1.69. The first kappa shape index (κ1) is 23.3. The van der Waals surface area contributed by atoms with Crippen LogP contribution in [0.1, 0.15) is 18.4 Å². The van der Waals surface area contributed by atoms with Crippen LogP contribution >= 0.6 is 27.5 Å². The van der Waals surface area contributed by atoms with Crippen LogP contribution in [0.3, 0.4) is 0 Å². The van der Waals surface area contributed by atoms with Crippen molar-refractivity contribution in [2.75, 3.05) is 44.6 Å². The number of piperidine rings is 1. The predicted octanol–water partition coefficient (Wildman–Crippen LogP) is 4.72. The van der Waals surface area contributed by atoms with Gasteiger partial charge in [0.05, 0.1) is 9.50 Å². The number of piperazine rings is 1. The average molecular weight is 526 g/mol. The molecule has 0 radical (unpaired) electrons. The molecule has 2 aliphatic rings. The first-order valence-corrected chi connectivity index (χ1v) is 12.0. The highest BCUT2D eigenvalue weighted by atomic mass is 79.9. The zero-order valence-corrected chi connectivity index (χ0v) is 20.1. The number of hydrogen-bond acceptors (Lipinski definition) is 4. The first-order valence-electron chi connectivity index (χ1n) is 10.9. The molecule has 0 bridgehead atoms. The Morgan fingerprint density at radius 3 is 2.59 bits per heavy atom. The van der Waals surface area contributed by atoms with Crippen molar-refractivity contribution in [3.8, 4) is 5.75 Å². The molecule has 4 rings (SSSR count). The standard InChI is InChI=1S/C23H27BrClFN4O2/c24-19-13-16(1-4-22(19)32-18-5-7-27-8-6-18)15-29-9-11-30(12-10-29)23(31)28-17-2-3-21(26)20(25)14-17/h1-4,13-14,18,27H,5-12,15H2,(H,28,31). The summed E-state index contributed by atoms with van der Waals surface area (Å²) in [5, 5.41) is 6.13. The molecule has 2 saturated heterocycles. The average Bonchev–Trinajstić information content (AvgIpc) is 2.79. The summed E-state index contributed by atoms with van der Waals surface area (Å²) in [6, 6.07) is 10.2. The Morgan fingerprint density at radius 2 is 1.91 bits per heavy atom. The fraction of sp³-hybridized carbons (Fsp3) is 0.435. The van der Waals surface area contributed by atoms with Crippen LogP contribution in [-0.2, 0) is 6.54 Å². The summed E-state index contributed by atoms with van der Waals surface area (Å²) >= 11 is 9.44. The van der Waals surface area contributed by atoms with Crippen molar-refractivity contribution >= 4 is 39.2 Å². The topological polar surface area (TPSA) is 56.8 Å². The number of hydrogen-bond donors (Lipinski definition) is 2. The van der Waals surface area contributed by atoms with Gasteiger partial charge in [-0.3, -0.25) is 4.90 Å². The van der Waals surface area contributed by atoms with E-state index in [0.717, 1.165) is 55.8 Å². The van der Waals surface area contributed by atoms with Crippen molar-refractivity contribution in [2.24, 2.45) is 0 Å². The second-order valence-corrected chi connectivity index (χ2v) is 9.42. The van der Waals surface area contributed by atoms with E-state index in [9.17, 15) is 9.18 Å². The van der Waals surface area contributed by atoms with Crippen LogP contribution in [0.5, 0.6) is 5.75 Å². The minimum Gasteiger partial charge on any atom is -0.489 e. The van der Waals surface area contributed by atoms with Crippen molar-refractivity contribution in [1.29, 1.82) is 0 Å². The first-order chi connectivity index (χ1) is 15.5. The third-order valence-corrected chi connectivity index (χ3v) is 6.72. The third kappa shape index (κ3) is 6.13. The number of benzene rings is 2. The lowest BCUT2D eigenvalue weighted by molar-refractivity contribution is 0.142. The van der Waals surface area contributed by atoms with Gasteiger partial charge >= 0.3 is 6.03 Å². The number of nitrogens with zero attached hydrogens (tertiary/aromatic N) is 2. The van der Waals surface area contributed by atoms with Crippen molar-refractivity contribution in [3.05, 3.63) is 57.3 Å². The lowest BCUT2D eigenvalue weighted by Crippen LogP contribution is -2.49. The van der Waals surface area contributed by atoms with Crippen LogP contribution in [0.2, 0.25) is 5.02 Å². The normalized spacial score (nSPS) is 17.9. The van der Waals surface area contributed by atoms with E-state index in [0.29, 0.717) is 18.8 Å². The van der Waals surface area contributed by atoms with E-state index < -0.39 is 5.82 Å². The lowest BCUT2D eigenvalue weighted by atomic mass is 10.1. The van der Waals surface area contributed by atoms with E-state index in [1.54, 1.807) is 4.90 Å². The highest BCUT2D eigenvalue weighted by molar-refractivity contribution is 9.10. The van der Waals surface area contributed by atoms with Crippen molar-refractivity contribution < 1.29 is 13.9 Å². The van der Waals surface area contributed by atoms with Crippen LogP contribution < -0.4 is 15.4 Å². The fourth-order valence-corrected chi connectivity index (χ4v) is 4.68. The molecule has 0 aromatic heterocycles. The van der Waals surface area contributed by atoms with Gasteiger partial charge in [0, 0.05) is 38.4 Å². The second-order valence-electron chi connectivity index (χ2n) is 8.15. The SMILES string of the molecule is O=C(Nc1ccc(F)c(Cl)c1)N1CCN(Cc2ccc(OC3CCNCC3)c(Br)c2)CC1. The quantitative estimate of drug-likeness (QED) is 0.593. The molecule has 2 amide bonds. The number of nitrogens with one attached hydrogen (secondary N) is 2. The monoisotopic (exact) mass is 524 g/mol. The van der Waals surface area contributed by atoms with Crippen LogP contribution in [-0.4, -0.2) is 61.2 Å². The smallest absolute Gasteiger partial charge is 0.321 e. The molecule has 172 valence electrons.